The molecule has 0 aliphatic carbocycles. The van der Waals surface area contributed by atoms with Crippen LogP contribution in [0, 0.1) is 11.7 Å². The number of aliphatic hydroxyl groups is 1. The molecule has 1 aromatic carbocycles. The van der Waals surface area contributed by atoms with Crippen molar-refractivity contribution < 1.29 is 14.3 Å². The van der Waals surface area contributed by atoms with Crippen molar-refractivity contribution in [3.05, 3.63) is 35.6 Å². The topological polar surface area (TPSA) is 40.5 Å². The first-order chi connectivity index (χ1) is 7.92. The average Bonchev–Trinajstić information content (AvgIpc) is 2.23. The Hall–Kier alpha value is -1.42. The first-order valence-corrected chi connectivity index (χ1v) is 5.69. The molecule has 3 nitrogen and oxygen atoms in total. The highest BCUT2D eigenvalue weighted by molar-refractivity contribution is 5.94. The van der Waals surface area contributed by atoms with Gasteiger partial charge >= 0.3 is 0 Å². The smallest absolute Gasteiger partial charge is 0.254 e. The number of hydrogen-bond donors (Lipinski definition) is 1. The van der Waals surface area contributed by atoms with E-state index >= 15 is 0 Å². The maximum atomic E-state index is 13.0. The van der Waals surface area contributed by atoms with E-state index in [0.29, 0.717) is 18.7 Å². The summed E-state index contributed by atoms with van der Waals surface area (Å²) in [5, 5.41) is 10.0. The average molecular weight is 237 g/mol. The summed E-state index contributed by atoms with van der Waals surface area (Å²) in [7, 11) is 0. The fraction of sp³-hybridized carbons (Fsp3) is 0.462. The summed E-state index contributed by atoms with van der Waals surface area (Å²) in [5.41, 5.74) is -0.459. The molecular formula is C13H16FNO2. The van der Waals surface area contributed by atoms with Gasteiger partial charge in [-0.25, -0.2) is 4.39 Å². The molecule has 17 heavy (non-hydrogen) atoms. The van der Waals surface area contributed by atoms with E-state index in [9.17, 15) is 14.3 Å². The molecule has 0 saturated carbocycles. The molecular weight excluding hydrogens is 221 g/mol. The van der Waals surface area contributed by atoms with Gasteiger partial charge in [-0.1, -0.05) is 19.9 Å². The van der Waals surface area contributed by atoms with Crippen LogP contribution >= 0.6 is 0 Å². The summed E-state index contributed by atoms with van der Waals surface area (Å²) in [6, 6.07) is 5.61. The molecule has 1 aliphatic heterocycles. The molecule has 92 valence electrons. The minimum atomic E-state index is -0.789. The summed E-state index contributed by atoms with van der Waals surface area (Å²) in [6.07, 6.45) is 0. The number of hydrogen-bond acceptors (Lipinski definition) is 2. The molecule has 1 aliphatic rings. The van der Waals surface area contributed by atoms with Gasteiger partial charge in [0.25, 0.3) is 5.91 Å². The van der Waals surface area contributed by atoms with Crippen molar-refractivity contribution in [2.75, 3.05) is 13.1 Å². The van der Waals surface area contributed by atoms with Gasteiger partial charge in [0, 0.05) is 5.56 Å². The Bertz CT molecular complexity index is 439. The van der Waals surface area contributed by atoms with Crippen LogP contribution in [-0.4, -0.2) is 34.6 Å². The Morgan fingerprint density at radius 2 is 2.12 bits per heavy atom. The summed E-state index contributed by atoms with van der Waals surface area (Å²) < 4.78 is 13.0. The van der Waals surface area contributed by atoms with E-state index in [2.05, 4.69) is 0 Å². The first kappa shape index (κ1) is 12.0. The fourth-order valence-corrected chi connectivity index (χ4v) is 1.93. The lowest BCUT2D eigenvalue weighted by Crippen LogP contribution is -2.65. The highest BCUT2D eigenvalue weighted by Gasteiger charge is 2.45. The van der Waals surface area contributed by atoms with Gasteiger partial charge in [-0.15, -0.1) is 0 Å². The lowest BCUT2D eigenvalue weighted by Gasteiger charge is -2.49. The summed E-state index contributed by atoms with van der Waals surface area (Å²) in [6.45, 7) is 4.48. The molecule has 0 bridgehead atoms. The number of amides is 1. The Labute approximate surface area is 99.9 Å². The van der Waals surface area contributed by atoms with Crippen LogP contribution in [0.2, 0.25) is 0 Å². The minimum Gasteiger partial charge on any atom is -0.386 e. The molecule has 1 heterocycles. The largest absolute Gasteiger partial charge is 0.386 e. The third-order valence-corrected chi connectivity index (χ3v) is 3.36. The van der Waals surface area contributed by atoms with Crippen LogP contribution in [0.25, 0.3) is 0 Å². The third-order valence-electron chi connectivity index (χ3n) is 3.36. The van der Waals surface area contributed by atoms with E-state index in [1.54, 1.807) is 6.07 Å². The van der Waals surface area contributed by atoms with Gasteiger partial charge in [0.2, 0.25) is 0 Å². The van der Waals surface area contributed by atoms with Gasteiger partial charge in [0.1, 0.15) is 11.4 Å². The van der Waals surface area contributed by atoms with Crippen molar-refractivity contribution in [1.82, 2.24) is 4.90 Å². The van der Waals surface area contributed by atoms with Crippen molar-refractivity contribution >= 4 is 5.91 Å². The molecule has 1 fully saturated rings. The molecule has 4 heteroatoms. The van der Waals surface area contributed by atoms with Crippen LogP contribution in [0.4, 0.5) is 4.39 Å². The lowest BCUT2D eigenvalue weighted by molar-refractivity contribution is -0.110. The van der Waals surface area contributed by atoms with E-state index in [0.717, 1.165) is 0 Å². The SMILES string of the molecule is CC(C)C1(O)CN(C(=O)c2cccc(F)c2)C1. The minimum absolute atomic E-state index is 0.110. The summed E-state index contributed by atoms with van der Waals surface area (Å²) in [5.74, 6) is -0.538. The molecule has 2 rings (SSSR count). The molecule has 0 unspecified atom stereocenters. The molecule has 1 aromatic rings. The second kappa shape index (κ2) is 4.11. The van der Waals surface area contributed by atoms with E-state index in [1.165, 1.54) is 23.1 Å². The standard InChI is InChI=1S/C13H16FNO2/c1-9(2)13(17)7-15(8-13)12(16)10-4-3-5-11(14)6-10/h3-6,9,17H,7-8H2,1-2H3. The number of likely N-dealkylation sites (tertiary alicyclic amines) is 1. The Morgan fingerprint density at radius 3 is 2.65 bits per heavy atom. The molecule has 0 atom stereocenters. The third kappa shape index (κ3) is 2.17. The predicted molar refractivity (Wildman–Crippen MR) is 62.1 cm³/mol. The molecule has 1 N–H and O–H groups in total. The van der Waals surface area contributed by atoms with Crippen LogP contribution in [0.5, 0.6) is 0 Å². The number of nitrogens with zero attached hydrogens (tertiary/aromatic N) is 1. The van der Waals surface area contributed by atoms with Crippen LogP contribution in [0.1, 0.15) is 24.2 Å². The summed E-state index contributed by atoms with van der Waals surface area (Å²) >= 11 is 0. The van der Waals surface area contributed by atoms with Crippen molar-refractivity contribution in [3.8, 4) is 0 Å². The highest BCUT2D eigenvalue weighted by Crippen LogP contribution is 2.29. The number of carbonyl (C=O) groups is 1. The molecule has 0 aromatic heterocycles. The number of rotatable bonds is 2. The van der Waals surface area contributed by atoms with Gasteiger partial charge in [0.05, 0.1) is 13.1 Å². The zero-order valence-corrected chi connectivity index (χ0v) is 9.98. The lowest BCUT2D eigenvalue weighted by atomic mass is 9.82. The van der Waals surface area contributed by atoms with Crippen LogP contribution in [-0.2, 0) is 0 Å². The van der Waals surface area contributed by atoms with Crippen LogP contribution in [0.15, 0.2) is 24.3 Å². The Balaban J connectivity index is 2.05. The van der Waals surface area contributed by atoms with Gasteiger partial charge in [-0.3, -0.25) is 4.79 Å². The number of β-amino-alcohol motifs (C(OH)–C–C–N with tert-alkyl or cyclic N) is 1. The van der Waals surface area contributed by atoms with Crippen molar-refractivity contribution in [2.45, 2.75) is 19.4 Å². The number of halogens is 1. The monoisotopic (exact) mass is 237 g/mol. The number of benzene rings is 1. The van der Waals surface area contributed by atoms with E-state index in [-0.39, 0.29) is 11.8 Å². The molecule has 1 saturated heterocycles. The molecule has 0 radical (unpaired) electrons. The highest BCUT2D eigenvalue weighted by atomic mass is 19.1. The quantitative estimate of drug-likeness (QED) is 0.850. The second-order valence-electron chi connectivity index (χ2n) is 4.93. The van der Waals surface area contributed by atoms with Crippen molar-refractivity contribution in [2.24, 2.45) is 5.92 Å². The van der Waals surface area contributed by atoms with E-state index in [1.807, 2.05) is 13.8 Å². The Kier molecular flexibility index (Phi) is 2.91. The maximum absolute atomic E-state index is 13.0. The van der Waals surface area contributed by atoms with Gasteiger partial charge in [0.15, 0.2) is 0 Å². The van der Waals surface area contributed by atoms with Gasteiger partial charge in [-0.05, 0) is 24.1 Å². The predicted octanol–water partition coefficient (Wildman–Crippen LogP) is 1.67. The van der Waals surface area contributed by atoms with Gasteiger partial charge < -0.3 is 10.0 Å². The van der Waals surface area contributed by atoms with E-state index in [4.69, 9.17) is 0 Å². The first-order valence-electron chi connectivity index (χ1n) is 5.69. The second-order valence-corrected chi connectivity index (χ2v) is 4.93. The number of carbonyl (C=O) groups excluding carboxylic acids is 1. The van der Waals surface area contributed by atoms with Crippen molar-refractivity contribution in [3.63, 3.8) is 0 Å². The summed E-state index contributed by atoms with van der Waals surface area (Å²) in [4.78, 5) is 13.5. The van der Waals surface area contributed by atoms with Gasteiger partial charge in [-0.2, -0.15) is 0 Å². The fourth-order valence-electron chi connectivity index (χ4n) is 1.93. The Morgan fingerprint density at radius 1 is 1.47 bits per heavy atom. The van der Waals surface area contributed by atoms with Crippen LogP contribution in [0.3, 0.4) is 0 Å². The molecule has 1 amide bonds. The zero-order valence-electron chi connectivity index (χ0n) is 9.98. The van der Waals surface area contributed by atoms with E-state index < -0.39 is 11.4 Å². The van der Waals surface area contributed by atoms with Crippen LogP contribution < -0.4 is 0 Å². The van der Waals surface area contributed by atoms with Crippen molar-refractivity contribution in [1.29, 1.82) is 0 Å². The molecule has 0 spiro atoms. The maximum Gasteiger partial charge on any atom is 0.254 e. The normalized spacial score (nSPS) is 18.1. The zero-order chi connectivity index (χ0) is 12.6.